The van der Waals surface area contributed by atoms with Crippen molar-refractivity contribution in [2.45, 2.75) is 13.5 Å². The lowest BCUT2D eigenvalue weighted by Gasteiger charge is -2.03. The zero-order valence-corrected chi connectivity index (χ0v) is 14.3. The van der Waals surface area contributed by atoms with Crippen molar-refractivity contribution in [1.82, 2.24) is 15.3 Å². The molecule has 3 aromatic rings. The van der Waals surface area contributed by atoms with E-state index in [2.05, 4.69) is 20.6 Å². The summed E-state index contributed by atoms with van der Waals surface area (Å²) >= 11 is 1.15. The highest BCUT2D eigenvalue weighted by Gasteiger charge is 2.17. The molecule has 0 saturated carbocycles. The van der Waals surface area contributed by atoms with E-state index in [1.807, 2.05) is 30.3 Å². The second-order valence-electron chi connectivity index (χ2n) is 5.30. The van der Waals surface area contributed by atoms with Crippen molar-refractivity contribution in [3.05, 3.63) is 76.6 Å². The van der Waals surface area contributed by atoms with Crippen molar-refractivity contribution in [2.75, 3.05) is 5.32 Å². The highest BCUT2D eigenvalue weighted by atomic mass is 32.1. The zero-order chi connectivity index (χ0) is 17.6. The molecule has 7 heteroatoms. The number of pyridine rings is 1. The third kappa shape index (κ3) is 4.27. The van der Waals surface area contributed by atoms with Crippen LogP contribution in [0.15, 0.2) is 54.9 Å². The van der Waals surface area contributed by atoms with Gasteiger partial charge in [-0.25, -0.2) is 4.98 Å². The Morgan fingerprint density at radius 1 is 1.08 bits per heavy atom. The minimum absolute atomic E-state index is 0.208. The highest BCUT2D eigenvalue weighted by Crippen LogP contribution is 2.23. The third-order valence-corrected chi connectivity index (χ3v) is 4.51. The number of hydrogen-bond acceptors (Lipinski definition) is 5. The average molecular weight is 352 g/mol. The fourth-order valence-electron chi connectivity index (χ4n) is 2.19. The van der Waals surface area contributed by atoms with Crippen LogP contribution in [0.1, 0.15) is 31.3 Å². The van der Waals surface area contributed by atoms with E-state index in [1.165, 1.54) is 6.20 Å². The molecule has 126 valence electrons. The molecule has 0 spiro atoms. The van der Waals surface area contributed by atoms with Gasteiger partial charge in [0.15, 0.2) is 5.13 Å². The van der Waals surface area contributed by atoms with Crippen molar-refractivity contribution >= 4 is 28.3 Å². The van der Waals surface area contributed by atoms with Gasteiger partial charge in [-0.2, -0.15) is 0 Å². The standard InChI is InChI=1S/C18H16N4O2S/c1-12-15(17(24)20-10-13-6-3-2-4-7-13)25-18(21-12)22-16(23)14-8-5-9-19-11-14/h2-9,11H,10H2,1H3,(H,20,24)(H,21,22,23). The topological polar surface area (TPSA) is 84.0 Å². The molecule has 0 radical (unpaired) electrons. The first-order valence-corrected chi connectivity index (χ1v) is 8.46. The van der Waals surface area contributed by atoms with Crippen molar-refractivity contribution in [3.8, 4) is 0 Å². The first-order chi connectivity index (χ1) is 12.1. The molecular weight excluding hydrogens is 336 g/mol. The molecule has 25 heavy (non-hydrogen) atoms. The zero-order valence-electron chi connectivity index (χ0n) is 13.5. The maximum Gasteiger partial charge on any atom is 0.263 e. The summed E-state index contributed by atoms with van der Waals surface area (Å²) in [5, 5.41) is 5.95. The normalized spacial score (nSPS) is 10.3. The minimum Gasteiger partial charge on any atom is -0.347 e. The first-order valence-electron chi connectivity index (χ1n) is 7.64. The maximum absolute atomic E-state index is 12.3. The van der Waals surface area contributed by atoms with E-state index in [0.717, 1.165) is 16.9 Å². The number of carbonyl (C=O) groups excluding carboxylic acids is 2. The summed E-state index contributed by atoms with van der Waals surface area (Å²) in [5.41, 5.74) is 2.03. The summed E-state index contributed by atoms with van der Waals surface area (Å²) in [5.74, 6) is -0.515. The number of rotatable bonds is 5. The Kier molecular flexibility index (Phi) is 5.15. The monoisotopic (exact) mass is 352 g/mol. The molecule has 2 aromatic heterocycles. The number of thiazole rings is 1. The van der Waals surface area contributed by atoms with Gasteiger partial charge in [0.05, 0.1) is 11.3 Å². The Morgan fingerprint density at radius 3 is 2.60 bits per heavy atom. The first kappa shape index (κ1) is 16.8. The molecule has 0 saturated heterocycles. The molecule has 2 amide bonds. The predicted octanol–water partition coefficient (Wildman–Crippen LogP) is 3.03. The number of hydrogen-bond donors (Lipinski definition) is 2. The van der Waals surface area contributed by atoms with Gasteiger partial charge in [-0.05, 0) is 24.6 Å². The van der Waals surface area contributed by atoms with E-state index in [9.17, 15) is 9.59 Å². The molecule has 0 aliphatic rings. The molecule has 0 aliphatic heterocycles. The van der Waals surface area contributed by atoms with Gasteiger partial charge in [0.25, 0.3) is 11.8 Å². The van der Waals surface area contributed by atoms with Crippen molar-refractivity contribution in [1.29, 1.82) is 0 Å². The van der Waals surface area contributed by atoms with Gasteiger partial charge in [0.1, 0.15) is 4.88 Å². The van der Waals surface area contributed by atoms with Crippen LogP contribution in [-0.2, 0) is 6.54 Å². The molecule has 0 atom stereocenters. The van der Waals surface area contributed by atoms with Gasteiger partial charge in [0.2, 0.25) is 0 Å². The molecule has 0 fully saturated rings. The Hall–Kier alpha value is -3.06. The molecule has 0 bridgehead atoms. The quantitative estimate of drug-likeness (QED) is 0.739. The van der Waals surface area contributed by atoms with Gasteiger partial charge < -0.3 is 5.32 Å². The summed E-state index contributed by atoms with van der Waals surface area (Å²) in [4.78, 5) is 33.1. The van der Waals surface area contributed by atoms with Crippen LogP contribution in [-0.4, -0.2) is 21.8 Å². The summed E-state index contributed by atoms with van der Waals surface area (Å²) in [6.07, 6.45) is 3.07. The van der Waals surface area contributed by atoms with Crippen LogP contribution < -0.4 is 10.6 Å². The van der Waals surface area contributed by atoms with Gasteiger partial charge >= 0.3 is 0 Å². The number of nitrogens with one attached hydrogen (secondary N) is 2. The fraction of sp³-hybridized carbons (Fsp3) is 0.111. The van der Waals surface area contributed by atoms with Crippen LogP contribution in [0.5, 0.6) is 0 Å². The van der Waals surface area contributed by atoms with E-state index in [4.69, 9.17) is 0 Å². The summed E-state index contributed by atoms with van der Waals surface area (Å²) in [6.45, 7) is 2.18. The van der Waals surface area contributed by atoms with Crippen LogP contribution in [0, 0.1) is 6.92 Å². The Labute approximate surface area is 149 Å². The Morgan fingerprint density at radius 2 is 1.88 bits per heavy atom. The molecule has 1 aromatic carbocycles. The minimum atomic E-state index is -0.307. The number of aryl methyl sites for hydroxylation is 1. The lowest BCUT2D eigenvalue weighted by molar-refractivity contribution is 0.0953. The van der Waals surface area contributed by atoms with E-state index < -0.39 is 0 Å². The summed E-state index contributed by atoms with van der Waals surface area (Å²) < 4.78 is 0. The van der Waals surface area contributed by atoms with Crippen LogP contribution in [0.4, 0.5) is 5.13 Å². The largest absolute Gasteiger partial charge is 0.347 e. The summed E-state index contributed by atoms with van der Waals surface area (Å²) in [7, 11) is 0. The molecule has 0 unspecified atom stereocenters. The van der Waals surface area contributed by atoms with Crippen LogP contribution in [0.3, 0.4) is 0 Å². The molecule has 2 N–H and O–H groups in total. The third-order valence-electron chi connectivity index (χ3n) is 3.44. The second kappa shape index (κ2) is 7.67. The molecule has 0 aliphatic carbocycles. The highest BCUT2D eigenvalue weighted by molar-refractivity contribution is 7.17. The van der Waals surface area contributed by atoms with E-state index >= 15 is 0 Å². The van der Waals surface area contributed by atoms with Crippen LogP contribution in [0.25, 0.3) is 0 Å². The fourth-order valence-corrected chi connectivity index (χ4v) is 3.06. The van der Waals surface area contributed by atoms with Gasteiger partial charge in [-0.3, -0.25) is 19.9 Å². The lowest BCUT2D eigenvalue weighted by Crippen LogP contribution is -2.22. The number of benzene rings is 1. The van der Waals surface area contributed by atoms with Crippen molar-refractivity contribution in [2.24, 2.45) is 0 Å². The smallest absolute Gasteiger partial charge is 0.263 e. The van der Waals surface area contributed by atoms with Crippen LogP contribution >= 0.6 is 11.3 Å². The van der Waals surface area contributed by atoms with Crippen molar-refractivity contribution in [3.63, 3.8) is 0 Å². The average Bonchev–Trinajstić information content (AvgIpc) is 3.01. The number of amides is 2. The summed E-state index contributed by atoms with van der Waals surface area (Å²) in [6, 6.07) is 13.0. The molecular formula is C18H16N4O2S. The van der Waals surface area contributed by atoms with Gasteiger partial charge in [0, 0.05) is 18.9 Å². The number of anilines is 1. The van der Waals surface area contributed by atoms with Gasteiger partial charge in [-0.15, -0.1) is 0 Å². The number of nitrogens with zero attached hydrogens (tertiary/aromatic N) is 2. The molecule has 2 heterocycles. The Bertz CT molecular complexity index is 879. The van der Waals surface area contributed by atoms with Crippen molar-refractivity contribution < 1.29 is 9.59 Å². The SMILES string of the molecule is Cc1nc(NC(=O)c2cccnc2)sc1C(=O)NCc1ccccc1. The number of carbonyl (C=O) groups is 2. The number of aromatic nitrogens is 2. The van der Waals surface area contributed by atoms with Crippen LogP contribution in [0.2, 0.25) is 0 Å². The second-order valence-corrected chi connectivity index (χ2v) is 6.30. The van der Waals surface area contributed by atoms with E-state index in [-0.39, 0.29) is 11.8 Å². The maximum atomic E-state index is 12.3. The molecule has 6 nitrogen and oxygen atoms in total. The van der Waals surface area contributed by atoms with Gasteiger partial charge in [-0.1, -0.05) is 41.7 Å². The molecule has 3 rings (SSSR count). The predicted molar refractivity (Wildman–Crippen MR) is 96.7 cm³/mol. The van der Waals surface area contributed by atoms with E-state index in [1.54, 1.807) is 25.3 Å². The lowest BCUT2D eigenvalue weighted by atomic mass is 10.2. The Balaban J connectivity index is 1.65. The van der Waals surface area contributed by atoms with E-state index in [0.29, 0.717) is 27.8 Å².